The van der Waals surface area contributed by atoms with E-state index < -0.39 is 6.03 Å². The van der Waals surface area contributed by atoms with Crippen molar-refractivity contribution in [2.45, 2.75) is 52.4 Å². The summed E-state index contributed by atoms with van der Waals surface area (Å²) in [6, 6.07) is 15.2. The summed E-state index contributed by atoms with van der Waals surface area (Å²) >= 11 is 0. The summed E-state index contributed by atoms with van der Waals surface area (Å²) < 4.78 is 0. The number of hydrogen-bond acceptors (Lipinski definition) is 2. The molecule has 0 fully saturated rings. The van der Waals surface area contributed by atoms with E-state index in [9.17, 15) is 4.79 Å². The molecule has 3 N–H and O–H groups in total. The van der Waals surface area contributed by atoms with Crippen LogP contribution in [0.3, 0.4) is 0 Å². The molecule has 148 valence electrons. The SMILES string of the molecule is C=C(NC(=O)NC(=N)c1ccc(C(C)(C)C)cc1)c1ccc(C(C)(C)C)cc1. The van der Waals surface area contributed by atoms with Gasteiger partial charge < -0.3 is 5.32 Å². The summed E-state index contributed by atoms with van der Waals surface area (Å²) in [6.07, 6.45) is 0. The molecule has 28 heavy (non-hydrogen) atoms. The summed E-state index contributed by atoms with van der Waals surface area (Å²) in [5.74, 6) is 0.0499. The Labute approximate surface area is 168 Å². The maximum absolute atomic E-state index is 12.2. The summed E-state index contributed by atoms with van der Waals surface area (Å²) in [5.41, 5.74) is 4.50. The van der Waals surface area contributed by atoms with Crippen LogP contribution in [0.5, 0.6) is 0 Å². The Morgan fingerprint density at radius 1 is 0.750 bits per heavy atom. The standard InChI is InChI=1S/C24H31N3O/c1-16(17-8-12-19(13-9-17)23(2,3)4)26-22(28)27-21(25)18-10-14-20(15-11-18)24(5,6)7/h8-15H,1H2,2-7H3,(H3,25,26,27,28). The highest BCUT2D eigenvalue weighted by Crippen LogP contribution is 2.24. The number of rotatable bonds is 3. The Hall–Kier alpha value is -2.88. The van der Waals surface area contributed by atoms with Gasteiger partial charge in [-0.05, 0) is 27.5 Å². The summed E-state index contributed by atoms with van der Waals surface area (Å²) in [5, 5.41) is 13.4. The highest BCUT2D eigenvalue weighted by molar-refractivity contribution is 6.07. The average molecular weight is 378 g/mol. The molecule has 0 heterocycles. The number of hydrogen-bond donors (Lipinski definition) is 3. The number of amides is 2. The van der Waals surface area contributed by atoms with Crippen molar-refractivity contribution in [1.29, 1.82) is 5.41 Å². The lowest BCUT2D eigenvalue weighted by atomic mass is 9.86. The van der Waals surface area contributed by atoms with Crippen molar-refractivity contribution < 1.29 is 4.79 Å². The van der Waals surface area contributed by atoms with E-state index in [4.69, 9.17) is 5.41 Å². The fraction of sp³-hybridized carbons (Fsp3) is 0.333. The fourth-order valence-electron chi connectivity index (χ4n) is 2.73. The third-order valence-corrected chi connectivity index (χ3v) is 4.64. The minimum absolute atomic E-state index is 0.0474. The lowest BCUT2D eigenvalue weighted by Gasteiger charge is -2.20. The van der Waals surface area contributed by atoms with Gasteiger partial charge in [-0.25, -0.2) is 4.79 Å². The number of amidine groups is 1. The second-order valence-electron chi connectivity index (χ2n) is 9.09. The molecule has 0 atom stereocenters. The van der Waals surface area contributed by atoms with Gasteiger partial charge >= 0.3 is 6.03 Å². The maximum atomic E-state index is 12.2. The second kappa shape index (κ2) is 8.01. The Bertz CT molecular complexity index is 791. The van der Waals surface area contributed by atoms with E-state index in [2.05, 4.69) is 58.8 Å². The smallest absolute Gasteiger partial charge is 0.308 e. The van der Waals surface area contributed by atoms with Gasteiger partial charge in [-0.3, -0.25) is 10.7 Å². The van der Waals surface area contributed by atoms with Crippen LogP contribution in [-0.4, -0.2) is 11.9 Å². The van der Waals surface area contributed by atoms with Crippen molar-refractivity contribution in [3.05, 3.63) is 77.4 Å². The number of benzene rings is 2. The van der Waals surface area contributed by atoms with Crippen LogP contribution < -0.4 is 10.6 Å². The molecular formula is C24H31N3O. The van der Waals surface area contributed by atoms with Gasteiger partial charge in [0.1, 0.15) is 5.84 Å². The van der Waals surface area contributed by atoms with Gasteiger partial charge in [0.15, 0.2) is 0 Å². The lowest BCUT2D eigenvalue weighted by Crippen LogP contribution is -2.38. The summed E-state index contributed by atoms with van der Waals surface area (Å²) in [7, 11) is 0. The zero-order valence-corrected chi connectivity index (χ0v) is 17.7. The van der Waals surface area contributed by atoms with Crippen molar-refractivity contribution in [3.8, 4) is 0 Å². The highest BCUT2D eigenvalue weighted by Gasteiger charge is 2.15. The van der Waals surface area contributed by atoms with E-state index in [1.54, 1.807) is 0 Å². The van der Waals surface area contributed by atoms with E-state index in [0.29, 0.717) is 11.3 Å². The molecule has 0 bridgehead atoms. The largest absolute Gasteiger partial charge is 0.324 e. The molecule has 2 rings (SSSR count). The zero-order chi connectivity index (χ0) is 21.1. The molecular weight excluding hydrogens is 346 g/mol. The summed E-state index contributed by atoms with van der Waals surface area (Å²) in [4.78, 5) is 12.2. The molecule has 0 aliphatic carbocycles. The molecule has 0 saturated heterocycles. The summed E-state index contributed by atoms with van der Waals surface area (Å²) in [6.45, 7) is 16.8. The van der Waals surface area contributed by atoms with Gasteiger partial charge in [-0.1, -0.05) is 96.7 Å². The molecule has 0 radical (unpaired) electrons. The first-order valence-corrected chi connectivity index (χ1v) is 9.45. The Morgan fingerprint density at radius 2 is 1.14 bits per heavy atom. The average Bonchev–Trinajstić information content (AvgIpc) is 2.60. The molecule has 0 unspecified atom stereocenters. The van der Waals surface area contributed by atoms with Crippen LogP contribution in [0.2, 0.25) is 0 Å². The maximum Gasteiger partial charge on any atom is 0.324 e. The van der Waals surface area contributed by atoms with Crippen molar-refractivity contribution in [1.82, 2.24) is 10.6 Å². The van der Waals surface area contributed by atoms with E-state index in [1.165, 1.54) is 11.1 Å². The van der Waals surface area contributed by atoms with E-state index in [0.717, 1.165) is 5.56 Å². The molecule has 0 spiro atoms. The number of carbonyl (C=O) groups excluding carboxylic acids is 1. The van der Waals surface area contributed by atoms with Gasteiger partial charge in [-0.15, -0.1) is 0 Å². The molecule has 4 nitrogen and oxygen atoms in total. The topological polar surface area (TPSA) is 65.0 Å². The Kier molecular flexibility index (Phi) is 6.13. The van der Waals surface area contributed by atoms with Crippen LogP contribution in [0, 0.1) is 5.41 Å². The van der Waals surface area contributed by atoms with Crippen LogP contribution in [0.15, 0.2) is 55.1 Å². The first kappa shape index (κ1) is 21.4. The molecule has 2 aromatic rings. The molecule has 0 aromatic heterocycles. The van der Waals surface area contributed by atoms with Crippen molar-refractivity contribution in [3.63, 3.8) is 0 Å². The van der Waals surface area contributed by atoms with E-state index in [1.807, 2.05) is 48.5 Å². The zero-order valence-electron chi connectivity index (χ0n) is 17.7. The van der Waals surface area contributed by atoms with Crippen LogP contribution in [0.1, 0.15) is 63.8 Å². The fourth-order valence-corrected chi connectivity index (χ4v) is 2.73. The molecule has 0 aliphatic heterocycles. The molecule has 0 aliphatic rings. The minimum atomic E-state index is -0.477. The Balaban J connectivity index is 1.97. The predicted molar refractivity (Wildman–Crippen MR) is 118 cm³/mol. The predicted octanol–water partition coefficient (Wildman–Crippen LogP) is 5.58. The van der Waals surface area contributed by atoms with Gasteiger partial charge in [0, 0.05) is 11.3 Å². The minimum Gasteiger partial charge on any atom is -0.308 e. The van der Waals surface area contributed by atoms with Gasteiger partial charge in [0.2, 0.25) is 0 Å². The van der Waals surface area contributed by atoms with Gasteiger partial charge in [0.05, 0.1) is 0 Å². The third-order valence-electron chi connectivity index (χ3n) is 4.64. The van der Waals surface area contributed by atoms with Crippen molar-refractivity contribution >= 4 is 17.6 Å². The second-order valence-corrected chi connectivity index (χ2v) is 9.09. The first-order valence-electron chi connectivity index (χ1n) is 9.45. The normalized spacial score (nSPS) is 11.6. The van der Waals surface area contributed by atoms with Gasteiger partial charge in [0.25, 0.3) is 0 Å². The number of urea groups is 1. The third kappa shape index (κ3) is 5.56. The van der Waals surface area contributed by atoms with E-state index in [-0.39, 0.29) is 16.7 Å². The van der Waals surface area contributed by atoms with E-state index >= 15 is 0 Å². The van der Waals surface area contributed by atoms with Crippen LogP contribution in [-0.2, 0) is 10.8 Å². The monoisotopic (exact) mass is 377 g/mol. The molecule has 2 amide bonds. The quantitative estimate of drug-likeness (QED) is 0.475. The highest BCUT2D eigenvalue weighted by atomic mass is 16.2. The Morgan fingerprint density at radius 3 is 1.54 bits per heavy atom. The van der Waals surface area contributed by atoms with Crippen LogP contribution >= 0.6 is 0 Å². The lowest BCUT2D eigenvalue weighted by molar-refractivity contribution is 0.249. The van der Waals surface area contributed by atoms with Crippen LogP contribution in [0.25, 0.3) is 5.70 Å². The van der Waals surface area contributed by atoms with Crippen LogP contribution in [0.4, 0.5) is 4.79 Å². The number of nitrogens with one attached hydrogen (secondary N) is 3. The molecule has 2 aromatic carbocycles. The molecule has 4 heteroatoms. The molecule has 0 saturated carbocycles. The van der Waals surface area contributed by atoms with Crippen molar-refractivity contribution in [2.24, 2.45) is 0 Å². The van der Waals surface area contributed by atoms with Crippen molar-refractivity contribution in [2.75, 3.05) is 0 Å². The first-order chi connectivity index (χ1) is 12.9. The number of carbonyl (C=O) groups is 1. The van der Waals surface area contributed by atoms with Gasteiger partial charge in [-0.2, -0.15) is 0 Å².